The Hall–Kier alpha value is -3.60. The van der Waals surface area contributed by atoms with Gasteiger partial charge in [-0.25, -0.2) is 0 Å². The standard InChI is InChI=1S/C26H26N2O3/c1-3-28-23-15-14-21(16-24(23)31-18(2)26(28)30)27-25(29)17-22(19-10-6-4-7-11-19)20-12-8-5-9-13-20/h4-16,18,22H,3,17H2,1-2H3,(H,27,29). The van der Waals surface area contributed by atoms with Crippen LogP contribution in [-0.4, -0.2) is 24.5 Å². The monoisotopic (exact) mass is 414 g/mol. The van der Waals surface area contributed by atoms with Crippen molar-refractivity contribution in [3.63, 3.8) is 0 Å². The molecule has 1 heterocycles. The molecular weight excluding hydrogens is 388 g/mol. The minimum Gasteiger partial charge on any atom is -0.479 e. The molecule has 0 radical (unpaired) electrons. The summed E-state index contributed by atoms with van der Waals surface area (Å²) >= 11 is 0. The van der Waals surface area contributed by atoms with E-state index >= 15 is 0 Å². The minimum atomic E-state index is -0.543. The van der Waals surface area contributed by atoms with E-state index < -0.39 is 6.10 Å². The molecule has 0 fully saturated rings. The maximum Gasteiger partial charge on any atom is 0.267 e. The van der Waals surface area contributed by atoms with E-state index in [0.717, 1.165) is 16.8 Å². The van der Waals surface area contributed by atoms with E-state index in [9.17, 15) is 9.59 Å². The van der Waals surface area contributed by atoms with Crippen molar-refractivity contribution in [3.8, 4) is 5.75 Å². The summed E-state index contributed by atoms with van der Waals surface area (Å²) in [5.74, 6) is 0.434. The number of fused-ring (bicyclic) bond motifs is 1. The summed E-state index contributed by atoms with van der Waals surface area (Å²) in [6, 6.07) is 25.6. The van der Waals surface area contributed by atoms with E-state index in [-0.39, 0.29) is 17.7 Å². The number of carbonyl (C=O) groups excluding carboxylic acids is 2. The van der Waals surface area contributed by atoms with Crippen LogP contribution in [0.25, 0.3) is 0 Å². The second-order valence-corrected chi connectivity index (χ2v) is 7.65. The normalized spacial score (nSPS) is 15.4. The molecule has 3 aromatic carbocycles. The van der Waals surface area contributed by atoms with E-state index in [1.807, 2.05) is 55.5 Å². The Kier molecular flexibility index (Phi) is 6.03. The molecule has 1 unspecified atom stereocenters. The SMILES string of the molecule is CCN1C(=O)C(C)Oc2cc(NC(=O)CC(c3ccccc3)c3ccccc3)ccc21. The Balaban J connectivity index is 1.54. The molecule has 3 aromatic rings. The lowest BCUT2D eigenvalue weighted by atomic mass is 9.88. The van der Waals surface area contributed by atoms with E-state index in [2.05, 4.69) is 29.6 Å². The number of benzene rings is 3. The van der Waals surface area contributed by atoms with Gasteiger partial charge in [-0.1, -0.05) is 60.7 Å². The molecule has 5 nitrogen and oxygen atoms in total. The fourth-order valence-corrected chi connectivity index (χ4v) is 4.01. The van der Waals surface area contributed by atoms with Gasteiger partial charge in [0.05, 0.1) is 5.69 Å². The molecule has 2 amide bonds. The molecule has 0 aromatic heterocycles. The number of likely N-dealkylation sites (N-methyl/N-ethyl adjacent to an activating group) is 1. The number of nitrogens with zero attached hydrogens (tertiary/aromatic N) is 1. The van der Waals surface area contributed by atoms with Crippen molar-refractivity contribution in [2.24, 2.45) is 0 Å². The van der Waals surface area contributed by atoms with Crippen LogP contribution in [0.5, 0.6) is 5.75 Å². The van der Waals surface area contributed by atoms with Gasteiger partial charge >= 0.3 is 0 Å². The van der Waals surface area contributed by atoms with Crippen LogP contribution < -0.4 is 15.0 Å². The number of carbonyl (C=O) groups is 2. The lowest BCUT2D eigenvalue weighted by molar-refractivity contribution is -0.125. The third-order valence-corrected chi connectivity index (χ3v) is 5.56. The first kappa shape index (κ1) is 20.7. The van der Waals surface area contributed by atoms with Gasteiger partial charge in [-0.15, -0.1) is 0 Å². The Bertz CT molecular complexity index is 1030. The molecule has 0 saturated carbocycles. The first-order valence-electron chi connectivity index (χ1n) is 10.6. The van der Waals surface area contributed by atoms with Crippen molar-refractivity contribution >= 4 is 23.2 Å². The molecule has 1 aliphatic rings. The Morgan fingerprint density at radius 2 is 1.61 bits per heavy atom. The number of nitrogens with one attached hydrogen (secondary N) is 1. The lowest BCUT2D eigenvalue weighted by Gasteiger charge is -2.32. The summed E-state index contributed by atoms with van der Waals surface area (Å²) in [6.45, 7) is 4.24. The first-order valence-corrected chi connectivity index (χ1v) is 10.6. The molecule has 0 aliphatic carbocycles. The van der Waals surface area contributed by atoms with E-state index in [0.29, 0.717) is 24.4 Å². The van der Waals surface area contributed by atoms with Crippen molar-refractivity contribution < 1.29 is 14.3 Å². The predicted molar refractivity (Wildman–Crippen MR) is 123 cm³/mol. The number of hydrogen-bond donors (Lipinski definition) is 1. The lowest BCUT2D eigenvalue weighted by Crippen LogP contribution is -2.44. The molecule has 0 spiro atoms. The fourth-order valence-electron chi connectivity index (χ4n) is 4.01. The molecule has 0 saturated heterocycles. The zero-order valence-corrected chi connectivity index (χ0v) is 17.7. The Labute approximate surface area is 182 Å². The average molecular weight is 415 g/mol. The smallest absolute Gasteiger partial charge is 0.267 e. The van der Waals surface area contributed by atoms with E-state index in [4.69, 9.17) is 4.74 Å². The van der Waals surface area contributed by atoms with Gasteiger partial charge in [0.15, 0.2) is 6.10 Å². The molecule has 31 heavy (non-hydrogen) atoms. The van der Waals surface area contributed by atoms with E-state index in [1.165, 1.54) is 0 Å². The number of rotatable bonds is 6. The van der Waals surface area contributed by atoms with E-state index in [1.54, 1.807) is 17.9 Å². The zero-order valence-electron chi connectivity index (χ0n) is 17.7. The van der Waals surface area contributed by atoms with Crippen LogP contribution in [0.15, 0.2) is 78.9 Å². The largest absolute Gasteiger partial charge is 0.479 e. The van der Waals surface area contributed by atoms with Gasteiger partial charge in [-0.2, -0.15) is 0 Å². The van der Waals surface area contributed by atoms with Gasteiger partial charge in [0, 0.05) is 30.6 Å². The third kappa shape index (κ3) is 4.45. The van der Waals surface area contributed by atoms with Crippen molar-refractivity contribution in [2.45, 2.75) is 32.3 Å². The minimum absolute atomic E-state index is 0.0375. The highest BCUT2D eigenvalue weighted by atomic mass is 16.5. The van der Waals surface area contributed by atoms with Crippen molar-refractivity contribution in [1.29, 1.82) is 0 Å². The van der Waals surface area contributed by atoms with Gasteiger partial charge in [-0.3, -0.25) is 9.59 Å². The molecule has 1 aliphatic heterocycles. The summed E-state index contributed by atoms with van der Waals surface area (Å²) in [4.78, 5) is 27.0. The maximum absolute atomic E-state index is 13.0. The summed E-state index contributed by atoms with van der Waals surface area (Å²) in [5.41, 5.74) is 3.59. The van der Waals surface area contributed by atoms with Crippen LogP contribution in [0.2, 0.25) is 0 Å². The number of anilines is 2. The topological polar surface area (TPSA) is 58.6 Å². The maximum atomic E-state index is 13.0. The number of amides is 2. The van der Waals surface area contributed by atoms with Crippen LogP contribution in [0, 0.1) is 0 Å². The Morgan fingerprint density at radius 3 is 2.19 bits per heavy atom. The molecule has 0 bridgehead atoms. The van der Waals surface area contributed by atoms with Crippen LogP contribution in [0.1, 0.15) is 37.3 Å². The van der Waals surface area contributed by atoms with Crippen LogP contribution >= 0.6 is 0 Å². The molecule has 1 atom stereocenters. The highest BCUT2D eigenvalue weighted by Gasteiger charge is 2.30. The predicted octanol–water partition coefficient (Wildman–Crippen LogP) is 4.98. The van der Waals surface area contributed by atoms with Gasteiger partial charge in [0.25, 0.3) is 5.91 Å². The number of ether oxygens (including phenoxy) is 1. The van der Waals surface area contributed by atoms with Gasteiger partial charge < -0.3 is 15.0 Å². The summed E-state index contributed by atoms with van der Waals surface area (Å²) in [7, 11) is 0. The fraction of sp³-hybridized carbons (Fsp3) is 0.231. The highest BCUT2D eigenvalue weighted by molar-refractivity contribution is 6.00. The Morgan fingerprint density at radius 1 is 1.00 bits per heavy atom. The van der Waals surface area contributed by atoms with Gasteiger partial charge in [-0.05, 0) is 37.1 Å². The second kappa shape index (κ2) is 9.04. The number of hydrogen-bond acceptors (Lipinski definition) is 3. The third-order valence-electron chi connectivity index (χ3n) is 5.56. The molecule has 158 valence electrons. The zero-order chi connectivity index (χ0) is 21.8. The van der Waals surface area contributed by atoms with Crippen molar-refractivity contribution in [1.82, 2.24) is 0 Å². The molecule has 1 N–H and O–H groups in total. The highest BCUT2D eigenvalue weighted by Crippen LogP contribution is 2.36. The van der Waals surface area contributed by atoms with Gasteiger partial charge in [0.2, 0.25) is 5.91 Å². The quantitative estimate of drug-likeness (QED) is 0.619. The first-order chi connectivity index (χ1) is 15.1. The average Bonchev–Trinajstić information content (AvgIpc) is 2.79. The summed E-state index contributed by atoms with van der Waals surface area (Å²) in [6.07, 6.45) is -0.221. The summed E-state index contributed by atoms with van der Waals surface area (Å²) < 4.78 is 5.78. The van der Waals surface area contributed by atoms with Crippen molar-refractivity contribution in [3.05, 3.63) is 90.0 Å². The molecule has 5 heteroatoms. The van der Waals surface area contributed by atoms with Crippen LogP contribution in [0.3, 0.4) is 0 Å². The summed E-state index contributed by atoms with van der Waals surface area (Å²) in [5, 5.41) is 3.00. The van der Waals surface area contributed by atoms with Crippen LogP contribution in [0.4, 0.5) is 11.4 Å². The van der Waals surface area contributed by atoms with Crippen LogP contribution in [-0.2, 0) is 9.59 Å². The second-order valence-electron chi connectivity index (χ2n) is 7.65. The molecule has 4 rings (SSSR count). The van der Waals surface area contributed by atoms with Crippen molar-refractivity contribution in [2.75, 3.05) is 16.8 Å². The molecular formula is C26H26N2O3. The van der Waals surface area contributed by atoms with Gasteiger partial charge in [0.1, 0.15) is 5.75 Å².